The summed E-state index contributed by atoms with van der Waals surface area (Å²) in [7, 11) is 0. The second-order valence-electron chi connectivity index (χ2n) is 3.35. The number of hydrogen-bond acceptors (Lipinski definition) is 3. The zero-order valence-electron chi connectivity index (χ0n) is 8.42. The van der Waals surface area contributed by atoms with E-state index in [0.29, 0.717) is 5.92 Å². The monoisotopic (exact) mass is 232 g/mol. The number of nitrogens with two attached hydrogens (primary N) is 1. The second kappa shape index (κ2) is 6.40. The maximum absolute atomic E-state index is 5.83. The van der Waals surface area contributed by atoms with Gasteiger partial charge in [0.15, 0.2) is 0 Å². The van der Waals surface area contributed by atoms with Gasteiger partial charge in [0.2, 0.25) is 0 Å². The normalized spacial score (nSPS) is 13.1. The molecule has 0 saturated carbocycles. The molecule has 14 heavy (non-hydrogen) atoms. The number of rotatable bonds is 6. The van der Waals surface area contributed by atoms with Crippen molar-refractivity contribution in [2.45, 2.75) is 19.9 Å². The minimum atomic E-state index is 0.588. The Morgan fingerprint density at radius 2 is 2.36 bits per heavy atom. The van der Waals surface area contributed by atoms with Crippen molar-refractivity contribution in [3.8, 4) is 0 Å². The summed E-state index contributed by atoms with van der Waals surface area (Å²) >= 11 is 7.45. The Hall–Kier alpha value is -0.0900. The molecular formula is C10H17ClN2S. The standard InChI is InChI=1S/C10H17ClN2S/c1-2-8(5-12)6-13-7-9-3-4-10(11)14-9/h3-4,8,13H,2,5-7,12H2,1H3. The van der Waals surface area contributed by atoms with Crippen LogP contribution in [0.15, 0.2) is 12.1 Å². The second-order valence-corrected chi connectivity index (χ2v) is 5.15. The maximum atomic E-state index is 5.83. The van der Waals surface area contributed by atoms with E-state index in [1.165, 1.54) is 4.88 Å². The van der Waals surface area contributed by atoms with Crippen LogP contribution in [0.5, 0.6) is 0 Å². The predicted octanol–water partition coefficient (Wildman–Crippen LogP) is 2.48. The molecule has 0 spiro atoms. The van der Waals surface area contributed by atoms with E-state index in [1.807, 2.05) is 6.07 Å². The van der Waals surface area contributed by atoms with Crippen LogP contribution in [0.2, 0.25) is 4.34 Å². The van der Waals surface area contributed by atoms with Gasteiger partial charge in [-0.25, -0.2) is 0 Å². The smallest absolute Gasteiger partial charge is 0.0931 e. The van der Waals surface area contributed by atoms with E-state index in [9.17, 15) is 0 Å². The summed E-state index contributed by atoms with van der Waals surface area (Å²) in [6, 6.07) is 3.99. The average Bonchev–Trinajstić information content (AvgIpc) is 2.59. The molecule has 1 aromatic rings. The van der Waals surface area contributed by atoms with E-state index in [-0.39, 0.29) is 0 Å². The number of nitrogens with one attached hydrogen (secondary N) is 1. The molecule has 3 N–H and O–H groups in total. The summed E-state index contributed by atoms with van der Waals surface area (Å²) in [5.41, 5.74) is 5.61. The zero-order valence-corrected chi connectivity index (χ0v) is 10.00. The predicted molar refractivity (Wildman–Crippen MR) is 63.9 cm³/mol. The first kappa shape index (κ1) is 12.0. The Balaban J connectivity index is 2.21. The van der Waals surface area contributed by atoms with Crippen molar-refractivity contribution < 1.29 is 0 Å². The van der Waals surface area contributed by atoms with E-state index in [0.717, 1.165) is 30.4 Å². The van der Waals surface area contributed by atoms with Crippen molar-refractivity contribution in [1.29, 1.82) is 0 Å². The molecule has 0 saturated heterocycles. The highest BCUT2D eigenvalue weighted by atomic mass is 35.5. The topological polar surface area (TPSA) is 38.0 Å². The highest BCUT2D eigenvalue weighted by Gasteiger charge is 2.03. The first-order valence-corrected chi connectivity index (χ1v) is 6.10. The lowest BCUT2D eigenvalue weighted by atomic mass is 10.1. The van der Waals surface area contributed by atoms with E-state index < -0.39 is 0 Å². The van der Waals surface area contributed by atoms with Gasteiger partial charge in [0.25, 0.3) is 0 Å². The fourth-order valence-electron chi connectivity index (χ4n) is 1.24. The van der Waals surface area contributed by atoms with Crippen LogP contribution in [0, 0.1) is 5.92 Å². The summed E-state index contributed by atoms with van der Waals surface area (Å²) in [5, 5.41) is 3.39. The SMILES string of the molecule is CCC(CN)CNCc1ccc(Cl)s1. The molecule has 4 heteroatoms. The Kier molecular flexibility index (Phi) is 5.48. The largest absolute Gasteiger partial charge is 0.330 e. The van der Waals surface area contributed by atoms with Crippen molar-refractivity contribution >= 4 is 22.9 Å². The third-order valence-corrected chi connectivity index (χ3v) is 3.50. The van der Waals surface area contributed by atoms with Gasteiger partial charge in [-0.15, -0.1) is 11.3 Å². The fourth-order valence-corrected chi connectivity index (χ4v) is 2.30. The quantitative estimate of drug-likeness (QED) is 0.791. The van der Waals surface area contributed by atoms with E-state index in [4.69, 9.17) is 17.3 Å². The fraction of sp³-hybridized carbons (Fsp3) is 0.600. The van der Waals surface area contributed by atoms with Crippen molar-refractivity contribution in [3.63, 3.8) is 0 Å². The molecule has 0 radical (unpaired) electrons. The van der Waals surface area contributed by atoms with Gasteiger partial charge in [0, 0.05) is 11.4 Å². The highest BCUT2D eigenvalue weighted by Crippen LogP contribution is 2.20. The molecule has 1 aromatic heterocycles. The molecule has 1 rings (SSSR count). The summed E-state index contributed by atoms with van der Waals surface area (Å²) in [4.78, 5) is 1.28. The van der Waals surface area contributed by atoms with Crippen LogP contribution in [-0.4, -0.2) is 13.1 Å². The molecule has 80 valence electrons. The van der Waals surface area contributed by atoms with Crippen molar-refractivity contribution in [1.82, 2.24) is 5.32 Å². The molecule has 0 fully saturated rings. The zero-order chi connectivity index (χ0) is 10.4. The van der Waals surface area contributed by atoms with Crippen molar-refractivity contribution in [2.75, 3.05) is 13.1 Å². The molecule has 0 bridgehead atoms. The Labute approximate surface area is 94.5 Å². The highest BCUT2D eigenvalue weighted by molar-refractivity contribution is 7.16. The van der Waals surface area contributed by atoms with E-state index >= 15 is 0 Å². The van der Waals surface area contributed by atoms with Crippen LogP contribution in [0.1, 0.15) is 18.2 Å². The van der Waals surface area contributed by atoms with Crippen LogP contribution in [0.25, 0.3) is 0 Å². The van der Waals surface area contributed by atoms with Crippen LogP contribution in [0.4, 0.5) is 0 Å². The molecule has 2 nitrogen and oxygen atoms in total. The summed E-state index contributed by atoms with van der Waals surface area (Å²) in [6.07, 6.45) is 1.13. The van der Waals surface area contributed by atoms with Crippen LogP contribution >= 0.6 is 22.9 Å². The van der Waals surface area contributed by atoms with E-state index in [2.05, 4.69) is 18.3 Å². The summed E-state index contributed by atoms with van der Waals surface area (Å²) in [6.45, 7) is 4.81. The van der Waals surface area contributed by atoms with Crippen LogP contribution in [-0.2, 0) is 6.54 Å². The number of halogens is 1. The Morgan fingerprint density at radius 1 is 1.57 bits per heavy atom. The van der Waals surface area contributed by atoms with Gasteiger partial charge in [-0.2, -0.15) is 0 Å². The molecule has 0 aliphatic carbocycles. The minimum Gasteiger partial charge on any atom is -0.330 e. The van der Waals surface area contributed by atoms with Gasteiger partial charge in [-0.1, -0.05) is 24.9 Å². The molecule has 0 aliphatic rings. The van der Waals surface area contributed by atoms with Gasteiger partial charge in [-0.05, 0) is 31.1 Å². The van der Waals surface area contributed by atoms with Crippen molar-refractivity contribution in [3.05, 3.63) is 21.3 Å². The summed E-state index contributed by atoms with van der Waals surface area (Å²) < 4.78 is 0.854. The van der Waals surface area contributed by atoms with Gasteiger partial charge in [-0.3, -0.25) is 0 Å². The first-order valence-electron chi connectivity index (χ1n) is 4.91. The van der Waals surface area contributed by atoms with Gasteiger partial charge in [0.1, 0.15) is 0 Å². The third-order valence-electron chi connectivity index (χ3n) is 2.27. The maximum Gasteiger partial charge on any atom is 0.0931 e. The Morgan fingerprint density at radius 3 is 2.86 bits per heavy atom. The minimum absolute atomic E-state index is 0.588. The lowest BCUT2D eigenvalue weighted by molar-refractivity contribution is 0.472. The van der Waals surface area contributed by atoms with Crippen LogP contribution < -0.4 is 11.1 Å². The van der Waals surface area contributed by atoms with Gasteiger partial charge < -0.3 is 11.1 Å². The first-order chi connectivity index (χ1) is 6.76. The summed E-state index contributed by atoms with van der Waals surface area (Å²) in [5.74, 6) is 0.588. The lowest BCUT2D eigenvalue weighted by Crippen LogP contribution is -2.27. The molecule has 1 atom stereocenters. The molecule has 0 aliphatic heterocycles. The third kappa shape index (κ3) is 3.96. The molecular weight excluding hydrogens is 216 g/mol. The molecule has 1 heterocycles. The Bertz CT molecular complexity index is 258. The molecule has 1 unspecified atom stereocenters. The van der Waals surface area contributed by atoms with E-state index in [1.54, 1.807) is 11.3 Å². The van der Waals surface area contributed by atoms with Gasteiger partial charge >= 0.3 is 0 Å². The molecule has 0 amide bonds. The average molecular weight is 233 g/mol. The van der Waals surface area contributed by atoms with Crippen molar-refractivity contribution in [2.24, 2.45) is 11.7 Å². The number of thiophene rings is 1. The lowest BCUT2D eigenvalue weighted by Gasteiger charge is -2.12. The van der Waals surface area contributed by atoms with Gasteiger partial charge in [0.05, 0.1) is 4.34 Å². The number of hydrogen-bond donors (Lipinski definition) is 2. The molecule has 0 aromatic carbocycles. The van der Waals surface area contributed by atoms with Crippen LogP contribution in [0.3, 0.4) is 0 Å².